The first-order valence-corrected chi connectivity index (χ1v) is 7.42. The Kier molecular flexibility index (Phi) is 4.69. The Morgan fingerprint density at radius 2 is 2.10 bits per heavy atom. The predicted molar refractivity (Wildman–Crippen MR) is 75.6 cm³/mol. The van der Waals surface area contributed by atoms with Gasteiger partial charge in [0, 0.05) is 11.2 Å². The Bertz CT molecular complexity index is 694. The SMILES string of the molecule is O=C(O)c1cncnc1CS(=O)c1cc(Cl)ccc1Cl. The topological polar surface area (TPSA) is 80.2 Å². The van der Waals surface area contributed by atoms with Crippen molar-refractivity contribution in [3.63, 3.8) is 0 Å². The second-order valence-corrected chi connectivity index (χ2v) is 6.02. The van der Waals surface area contributed by atoms with Crippen LogP contribution in [0.25, 0.3) is 0 Å². The van der Waals surface area contributed by atoms with Crippen LogP contribution in [0.1, 0.15) is 16.1 Å². The molecular weight excluding hydrogens is 323 g/mol. The van der Waals surface area contributed by atoms with E-state index in [-0.39, 0.29) is 17.0 Å². The van der Waals surface area contributed by atoms with Gasteiger partial charge in [-0.2, -0.15) is 0 Å². The first kappa shape index (κ1) is 14.9. The van der Waals surface area contributed by atoms with Crippen LogP contribution in [0, 0.1) is 0 Å². The van der Waals surface area contributed by atoms with Gasteiger partial charge in [-0.15, -0.1) is 0 Å². The fourth-order valence-corrected chi connectivity index (χ4v) is 3.29. The number of rotatable bonds is 4. The smallest absolute Gasteiger partial charge is 0.339 e. The van der Waals surface area contributed by atoms with Gasteiger partial charge in [0.25, 0.3) is 0 Å². The number of aromatic nitrogens is 2. The monoisotopic (exact) mass is 330 g/mol. The van der Waals surface area contributed by atoms with Crippen molar-refractivity contribution in [3.8, 4) is 0 Å². The summed E-state index contributed by atoms with van der Waals surface area (Å²) < 4.78 is 12.3. The van der Waals surface area contributed by atoms with Crippen LogP contribution in [-0.2, 0) is 16.6 Å². The van der Waals surface area contributed by atoms with E-state index in [2.05, 4.69) is 9.97 Å². The van der Waals surface area contributed by atoms with Gasteiger partial charge in [0.2, 0.25) is 0 Å². The molecule has 0 spiro atoms. The zero-order valence-corrected chi connectivity index (χ0v) is 12.2. The van der Waals surface area contributed by atoms with E-state index in [4.69, 9.17) is 28.3 Å². The summed E-state index contributed by atoms with van der Waals surface area (Å²) in [7, 11) is -1.55. The van der Waals surface area contributed by atoms with Gasteiger partial charge in [0.15, 0.2) is 0 Å². The summed E-state index contributed by atoms with van der Waals surface area (Å²) in [6.45, 7) is 0. The molecule has 2 aromatic rings. The van der Waals surface area contributed by atoms with Gasteiger partial charge < -0.3 is 5.11 Å². The van der Waals surface area contributed by atoms with Crippen LogP contribution in [0.3, 0.4) is 0 Å². The van der Waals surface area contributed by atoms with Crippen LogP contribution in [0.15, 0.2) is 35.6 Å². The van der Waals surface area contributed by atoms with Gasteiger partial charge in [0.05, 0.1) is 32.2 Å². The molecule has 0 aliphatic rings. The molecule has 2 rings (SSSR count). The van der Waals surface area contributed by atoms with Crippen molar-refractivity contribution < 1.29 is 14.1 Å². The number of halogens is 2. The van der Waals surface area contributed by atoms with Crippen LogP contribution in [0.4, 0.5) is 0 Å². The summed E-state index contributed by atoms with van der Waals surface area (Å²) >= 11 is 11.8. The van der Waals surface area contributed by atoms with E-state index >= 15 is 0 Å². The number of benzene rings is 1. The van der Waals surface area contributed by atoms with Crippen LogP contribution in [0.2, 0.25) is 10.0 Å². The summed E-state index contributed by atoms with van der Waals surface area (Å²) in [4.78, 5) is 18.9. The van der Waals surface area contributed by atoms with Gasteiger partial charge in [-0.05, 0) is 18.2 Å². The van der Waals surface area contributed by atoms with Gasteiger partial charge in [0.1, 0.15) is 11.9 Å². The van der Waals surface area contributed by atoms with E-state index in [1.54, 1.807) is 6.07 Å². The molecule has 8 heteroatoms. The number of carboxylic acids is 1. The molecule has 0 saturated carbocycles. The maximum absolute atomic E-state index is 12.3. The van der Waals surface area contributed by atoms with Crippen molar-refractivity contribution >= 4 is 40.0 Å². The normalized spacial score (nSPS) is 12.1. The van der Waals surface area contributed by atoms with Crippen molar-refractivity contribution in [2.75, 3.05) is 0 Å². The van der Waals surface area contributed by atoms with Crippen molar-refractivity contribution in [1.29, 1.82) is 0 Å². The van der Waals surface area contributed by atoms with Gasteiger partial charge in [-0.25, -0.2) is 14.8 Å². The maximum atomic E-state index is 12.3. The second-order valence-electron chi connectivity index (χ2n) is 3.75. The molecule has 20 heavy (non-hydrogen) atoms. The van der Waals surface area contributed by atoms with Gasteiger partial charge in [-0.1, -0.05) is 23.2 Å². The molecule has 1 aromatic carbocycles. The summed E-state index contributed by atoms with van der Waals surface area (Å²) in [5.74, 6) is -1.25. The first-order chi connectivity index (χ1) is 9.49. The number of carboxylic acid groups (broad SMARTS) is 1. The lowest BCUT2D eigenvalue weighted by molar-refractivity contribution is 0.0695. The van der Waals surface area contributed by atoms with E-state index in [1.165, 1.54) is 24.7 Å². The fraction of sp³-hybridized carbons (Fsp3) is 0.0833. The highest BCUT2D eigenvalue weighted by Gasteiger charge is 2.16. The molecule has 5 nitrogen and oxygen atoms in total. The Morgan fingerprint density at radius 3 is 2.80 bits per heavy atom. The third kappa shape index (κ3) is 3.33. The Hall–Kier alpha value is -1.50. The molecule has 1 aromatic heterocycles. The molecule has 0 saturated heterocycles. The largest absolute Gasteiger partial charge is 0.478 e. The average molecular weight is 331 g/mol. The molecule has 0 aliphatic heterocycles. The Labute approximate surface area is 127 Å². The third-order valence-electron chi connectivity index (χ3n) is 2.43. The van der Waals surface area contributed by atoms with Crippen LogP contribution in [-0.4, -0.2) is 25.3 Å². The molecule has 0 fully saturated rings. The number of aromatic carboxylic acids is 1. The molecule has 0 radical (unpaired) electrons. The van der Waals surface area contributed by atoms with Gasteiger partial charge in [-0.3, -0.25) is 4.21 Å². The highest BCUT2D eigenvalue weighted by Crippen LogP contribution is 2.25. The van der Waals surface area contributed by atoms with Crippen LogP contribution < -0.4 is 0 Å². The van der Waals surface area contributed by atoms with E-state index in [0.717, 1.165) is 0 Å². The summed E-state index contributed by atoms with van der Waals surface area (Å²) in [6, 6.07) is 4.61. The van der Waals surface area contributed by atoms with Crippen LogP contribution >= 0.6 is 23.2 Å². The highest BCUT2D eigenvalue weighted by atomic mass is 35.5. The van der Waals surface area contributed by atoms with E-state index < -0.39 is 16.8 Å². The maximum Gasteiger partial charge on any atom is 0.339 e. The van der Waals surface area contributed by atoms with Gasteiger partial charge >= 0.3 is 5.97 Å². The van der Waals surface area contributed by atoms with Crippen molar-refractivity contribution in [1.82, 2.24) is 9.97 Å². The standard InChI is InChI=1S/C12H8Cl2N2O3S/c13-7-1-2-9(14)11(3-7)20(19)5-10-8(12(17)18)4-15-6-16-10/h1-4,6H,5H2,(H,17,18). The lowest BCUT2D eigenvalue weighted by Gasteiger charge is -2.06. The van der Waals surface area contributed by atoms with E-state index in [1.807, 2.05) is 0 Å². The van der Waals surface area contributed by atoms with Crippen molar-refractivity contribution in [2.24, 2.45) is 0 Å². The Balaban J connectivity index is 2.33. The number of hydrogen-bond acceptors (Lipinski definition) is 4. The minimum absolute atomic E-state index is 0.0792. The van der Waals surface area contributed by atoms with Crippen LogP contribution in [0.5, 0.6) is 0 Å². The quantitative estimate of drug-likeness (QED) is 0.932. The highest BCUT2D eigenvalue weighted by molar-refractivity contribution is 7.84. The number of nitrogens with zero attached hydrogens (tertiary/aromatic N) is 2. The molecular formula is C12H8Cl2N2O3S. The zero-order chi connectivity index (χ0) is 14.7. The molecule has 1 N–H and O–H groups in total. The summed E-state index contributed by atoms with van der Waals surface area (Å²) in [5, 5.41) is 9.73. The molecule has 1 atom stereocenters. The Morgan fingerprint density at radius 1 is 1.35 bits per heavy atom. The lowest BCUT2D eigenvalue weighted by Crippen LogP contribution is -2.08. The molecule has 0 amide bonds. The third-order valence-corrected chi connectivity index (χ3v) is 4.47. The molecule has 0 aliphatic carbocycles. The minimum atomic E-state index is -1.55. The molecule has 0 bridgehead atoms. The molecule has 1 heterocycles. The van der Waals surface area contributed by atoms with E-state index in [0.29, 0.717) is 14.9 Å². The minimum Gasteiger partial charge on any atom is -0.478 e. The summed E-state index contributed by atoms with van der Waals surface area (Å²) in [5.41, 5.74) is 0.0980. The zero-order valence-electron chi connectivity index (χ0n) is 9.92. The number of hydrogen-bond donors (Lipinski definition) is 1. The lowest BCUT2D eigenvalue weighted by atomic mass is 10.2. The second kappa shape index (κ2) is 6.30. The van der Waals surface area contributed by atoms with Crippen molar-refractivity contribution in [2.45, 2.75) is 10.6 Å². The summed E-state index contributed by atoms with van der Waals surface area (Å²) in [6.07, 6.45) is 2.37. The van der Waals surface area contributed by atoms with E-state index in [9.17, 15) is 9.00 Å². The average Bonchev–Trinajstić information content (AvgIpc) is 2.41. The predicted octanol–water partition coefficient (Wildman–Crippen LogP) is 2.79. The molecule has 1 unspecified atom stereocenters. The fourth-order valence-electron chi connectivity index (χ4n) is 1.50. The molecule has 104 valence electrons. The number of carbonyl (C=O) groups is 1. The van der Waals surface area contributed by atoms with Crippen molar-refractivity contribution in [3.05, 3.63) is 52.0 Å². The first-order valence-electron chi connectivity index (χ1n) is 5.34.